The van der Waals surface area contributed by atoms with Crippen LogP contribution in [-0.4, -0.2) is 11.3 Å². The summed E-state index contributed by atoms with van der Waals surface area (Å²) in [4.78, 5) is 14.1. The molecule has 0 saturated heterocycles. The number of halogens is 2. The van der Waals surface area contributed by atoms with Crippen LogP contribution in [0, 0.1) is 18.3 Å². The fourth-order valence-corrected chi connectivity index (χ4v) is 1.12. The van der Waals surface area contributed by atoms with Crippen molar-refractivity contribution in [2.45, 2.75) is 13.3 Å². The summed E-state index contributed by atoms with van der Waals surface area (Å²) in [5.41, 5.74) is -0.785. The maximum absolute atomic E-state index is 12.4. The minimum absolute atomic E-state index is 0.199. The Balaban J connectivity index is 3.50. The molecule has 1 aromatic heterocycles. The second-order valence-corrected chi connectivity index (χ2v) is 2.64. The molecule has 0 amide bonds. The number of aryl methyl sites for hydroxylation is 1. The molecular weight excluding hydrogens is 190 g/mol. The summed E-state index contributed by atoms with van der Waals surface area (Å²) in [7, 11) is 0. The van der Waals surface area contributed by atoms with E-state index in [1.165, 1.54) is 13.0 Å². The number of aromatic nitrogens is 1. The predicted octanol–water partition coefficient (Wildman–Crippen LogP) is 2.01. The second kappa shape index (κ2) is 3.92. The van der Waals surface area contributed by atoms with Crippen molar-refractivity contribution in [3.8, 4) is 6.07 Å². The van der Waals surface area contributed by atoms with E-state index in [9.17, 15) is 13.6 Å². The Hall–Kier alpha value is -1.83. The molecule has 1 heterocycles. The Morgan fingerprint density at radius 1 is 1.64 bits per heavy atom. The van der Waals surface area contributed by atoms with Gasteiger partial charge in [0.15, 0.2) is 6.29 Å². The van der Waals surface area contributed by atoms with Crippen molar-refractivity contribution in [3.05, 3.63) is 28.6 Å². The summed E-state index contributed by atoms with van der Waals surface area (Å²) in [6.45, 7) is 1.53. The first-order chi connectivity index (χ1) is 6.60. The minimum Gasteiger partial charge on any atom is -0.296 e. The van der Waals surface area contributed by atoms with Crippen molar-refractivity contribution >= 4 is 6.29 Å². The molecule has 3 nitrogen and oxygen atoms in total. The maximum Gasteiger partial charge on any atom is 0.267 e. The molecule has 0 atom stereocenters. The van der Waals surface area contributed by atoms with Crippen molar-refractivity contribution in [2.75, 3.05) is 0 Å². The third-order valence-corrected chi connectivity index (χ3v) is 1.67. The van der Waals surface area contributed by atoms with Gasteiger partial charge in [0.05, 0.1) is 17.2 Å². The number of aldehydes is 1. The topological polar surface area (TPSA) is 53.8 Å². The van der Waals surface area contributed by atoms with Gasteiger partial charge in [-0.05, 0) is 13.0 Å². The highest BCUT2D eigenvalue weighted by molar-refractivity contribution is 5.76. The summed E-state index contributed by atoms with van der Waals surface area (Å²) in [6.07, 6.45) is -2.63. The van der Waals surface area contributed by atoms with E-state index in [0.717, 1.165) is 0 Å². The van der Waals surface area contributed by atoms with Crippen LogP contribution in [0.3, 0.4) is 0 Å². The number of rotatable bonds is 2. The number of nitrogens with zero attached hydrogens (tertiary/aromatic N) is 2. The standard InChI is InChI=1S/C9H6F2N2O/c1-5-2-6(3-12)8(9(10)11)7(4-14)13-5/h2,4,9H,1H3. The molecule has 0 unspecified atom stereocenters. The highest BCUT2D eigenvalue weighted by Gasteiger charge is 2.19. The highest BCUT2D eigenvalue weighted by Crippen LogP contribution is 2.25. The molecule has 0 spiro atoms. The van der Waals surface area contributed by atoms with Gasteiger partial charge in [0.25, 0.3) is 6.43 Å². The zero-order chi connectivity index (χ0) is 10.7. The van der Waals surface area contributed by atoms with Crippen molar-refractivity contribution < 1.29 is 13.6 Å². The lowest BCUT2D eigenvalue weighted by molar-refractivity contribution is 0.110. The molecule has 0 N–H and O–H groups in total. The van der Waals surface area contributed by atoms with Gasteiger partial charge in [-0.1, -0.05) is 0 Å². The minimum atomic E-state index is -2.86. The Bertz CT molecular complexity index is 410. The smallest absolute Gasteiger partial charge is 0.267 e. The highest BCUT2D eigenvalue weighted by atomic mass is 19.3. The van der Waals surface area contributed by atoms with Gasteiger partial charge in [-0.3, -0.25) is 4.79 Å². The summed E-state index contributed by atoms with van der Waals surface area (Å²) in [5, 5.41) is 8.58. The van der Waals surface area contributed by atoms with Crippen molar-refractivity contribution in [3.63, 3.8) is 0 Å². The number of carbonyl (C=O) groups excluding carboxylic acids is 1. The number of hydrogen-bond donors (Lipinski definition) is 0. The molecule has 0 aliphatic rings. The van der Waals surface area contributed by atoms with Crippen molar-refractivity contribution in [1.29, 1.82) is 5.26 Å². The lowest BCUT2D eigenvalue weighted by atomic mass is 10.1. The third-order valence-electron chi connectivity index (χ3n) is 1.67. The average Bonchev–Trinajstić information content (AvgIpc) is 2.15. The van der Waals surface area contributed by atoms with Gasteiger partial charge in [0.1, 0.15) is 5.69 Å². The molecule has 0 aromatic carbocycles. The average molecular weight is 196 g/mol. The first-order valence-corrected chi connectivity index (χ1v) is 3.75. The largest absolute Gasteiger partial charge is 0.296 e. The quantitative estimate of drug-likeness (QED) is 0.680. The van der Waals surface area contributed by atoms with Crippen LogP contribution in [-0.2, 0) is 0 Å². The molecule has 14 heavy (non-hydrogen) atoms. The maximum atomic E-state index is 12.4. The lowest BCUT2D eigenvalue weighted by Crippen LogP contribution is -2.02. The first-order valence-electron chi connectivity index (χ1n) is 3.75. The molecule has 0 bridgehead atoms. The molecule has 72 valence electrons. The second-order valence-electron chi connectivity index (χ2n) is 2.64. The Labute approximate surface area is 79.0 Å². The van der Waals surface area contributed by atoms with Crippen LogP contribution >= 0.6 is 0 Å². The third kappa shape index (κ3) is 1.74. The van der Waals surface area contributed by atoms with Gasteiger partial charge in [-0.2, -0.15) is 5.26 Å². The molecule has 1 rings (SSSR count). The van der Waals surface area contributed by atoms with Crippen LogP contribution < -0.4 is 0 Å². The van der Waals surface area contributed by atoms with E-state index in [1.807, 2.05) is 0 Å². The molecule has 0 saturated carbocycles. The monoisotopic (exact) mass is 196 g/mol. The van der Waals surface area contributed by atoms with E-state index < -0.39 is 12.0 Å². The number of pyridine rings is 1. The van der Waals surface area contributed by atoms with Gasteiger partial charge < -0.3 is 0 Å². The number of alkyl halides is 2. The SMILES string of the molecule is Cc1cc(C#N)c(C(F)F)c(C=O)n1. The normalized spacial score (nSPS) is 9.93. The fourth-order valence-electron chi connectivity index (χ4n) is 1.12. The molecular formula is C9H6F2N2O. The zero-order valence-corrected chi connectivity index (χ0v) is 7.29. The summed E-state index contributed by atoms with van der Waals surface area (Å²) in [6, 6.07) is 2.84. The van der Waals surface area contributed by atoms with Gasteiger partial charge >= 0.3 is 0 Å². The molecule has 5 heteroatoms. The van der Waals surface area contributed by atoms with Gasteiger partial charge in [0.2, 0.25) is 0 Å². The van der Waals surface area contributed by atoms with Crippen LogP contribution in [0.2, 0.25) is 0 Å². The Morgan fingerprint density at radius 3 is 2.71 bits per heavy atom. The van der Waals surface area contributed by atoms with Crippen LogP contribution in [0.5, 0.6) is 0 Å². The van der Waals surface area contributed by atoms with Crippen molar-refractivity contribution in [1.82, 2.24) is 4.98 Å². The van der Waals surface area contributed by atoms with E-state index in [0.29, 0.717) is 5.69 Å². The Kier molecular flexibility index (Phi) is 2.87. The Morgan fingerprint density at radius 2 is 2.29 bits per heavy atom. The molecule has 0 aliphatic carbocycles. The van der Waals surface area contributed by atoms with Crippen molar-refractivity contribution in [2.24, 2.45) is 0 Å². The molecule has 0 aliphatic heterocycles. The van der Waals surface area contributed by atoms with E-state index in [-0.39, 0.29) is 17.5 Å². The van der Waals surface area contributed by atoms with E-state index in [1.54, 1.807) is 6.07 Å². The van der Waals surface area contributed by atoms with Crippen LogP contribution in [0.15, 0.2) is 6.07 Å². The number of nitriles is 1. The van der Waals surface area contributed by atoms with Crippen LogP contribution in [0.1, 0.15) is 33.7 Å². The number of hydrogen-bond acceptors (Lipinski definition) is 3. The molecule has 1 aromatic rings. The molecule has 0 fully saturated rings. The summed E-state index contributed by atoms with van der Waals surface area (Å²) < 4.78 is 24.9. The van der Waals surface area contributed by atoms with Crippen LogP contribution in [0.25, 0.3) is 0 Å². The fraction of sp³-hybridized carbons (Fsp3) is 0.222. The van der Waals surface area contributed by atoms with E-state index in [2.05, 4.69) is 4.98 Å². The first kappa shape index (κ1) is 10.3. The van der Waals surface area contributed by atoms with E-state index in [4.69, 9.17) is 5.26 Å². The van der Waals surface area contributed by atoms with Gasteiger partial charge in [-0.15, -0.1) is 0 Å². The van der Waals surface area contributed by atoms with Gasteiger partial charge in [0, 0.05) is 5.69 Å². The lowest BCUT2D eigenvalue weighted by Gasteiger charge is -2.05. The summed E-state index contributed by atoms with van der Waals surface area (Å²) in [5.74, 6) is 0. The summed E-state index contributed by atoms with van der Waals surface area (Å²) >= 11 is 0. The molecule has 0 radical (unpaired) electrons. The van der Waals surface area contributed by atoms with Crippen LogP contribution in [0.4, 0.5) is 8.78 Å². The van der Waals surface area contributed by atoms with E-state index >= 15 is 0 Å². The number of carbonyl (C=O) groups is 1. The van der Waals surface area contributed by atoms with Gasteiger partial charge in [-0.25, -0.2) is 13.8 Å². The zero-order valence-electron chi connectivity index (χ0n) is 7.29. The predicted molar refractivity (Wildman–Crippen MR) is 44.0 cm³/mol.